The molecule has 1 rings (SSSR count). The van der Waals surface area contributed by atoms with E-state index in [-0.39, 0.29) is 0 Å². The Morgan fingerprint density at radius 2 is 1.62 bits per heavy atom. The van der Waals surface area contributed by atoms with E-state index in [4.69, 9.17) is 0 Å². The highest BCUT2D eigenvalue weighted by Gasteiger charge is 2.07. The first kappa shape index (κ1) is 7.81. The molecule has 0 unspecified atom stereocenters. The first-order valence-electron chi connectivity index (χ1n) is 2.08. The van der Waals surface area contributed by atoms with Crippen molar-refractivity contribution in [1.82, 2.24) is 0 Å². The molecule has 0 N–H and O–H groups in total. The Morgan fingerprint density at radius 1 is 1.25 bits per heavy atom. The van der Waals surface area contributed by atoms with E-state index < -0.39 is 11.4 Å². The SMILES string of the molecule is C=C.O=S1OCCO1. The summed E-state index contributed by atoms with van der Waals surface area (Å²) in [6.07, 6.45) is 0. The van der Waals surface area contributed by atoms with Gasteiger partial charge in [-0.3, -0.25) is 8.37 Å². The molecule has 0 aromatic heterocycles. The number of rotatable bonds is 0. The molecule has 0 saturated carbocycles. The van der Waals surface area contributed by atoms with Crippen molar-refractivity contribution in [2.45, 2.75) is 0 Å². The summed E-state index contributed by atoms with van der Waals surface area (Å²) in [4.78, 5) is 0. The molecule has 8 heavy (non-hydrogen) atoms. The van der Waals surface area contributed by atoms with Gasteiger partial charge < -0.3 is 0 Å². The first-order chi connectivity index (χ1) is 3.89. The predicted molar refractivity (Wildman–Crippen MR) is 31.3 cm³/mol. The monoisotopic (exact) mass is 136 g/mol. The normalized spacial score (nSPS) is 19.5. The minimum Gasteiger partial charge on any atom is -0.266 e. The van der Waals surface area contributed by atoms with E-state index in [0.717, 1.165) is 0 Å². The van der Waals surface area contributed by atoms with Crippen molar-refractivity contribution >= 4 is 11.4 Å². The van der Waals surface area contributed by atoms with Gasteiger partial charge in [-0.25, -0.2) is 0 Å². The molecule has 1 aliphatic heterocycles. The summed E-state index contributed by atoms with van der Waals surface area (Å²) in [7, 11) is 0. The van der Waals surface area contributed by atoms with Gasteiger partial charge in [-0.1, -0.05) is 0 Å². The fourth-order valence-electron chi connectivity index (χ4n) is 0.238. The van der Waals surface area contributed by atoms with E-state index >= 15 is 0 Å². The van der Waals surface area contributed by atoms with Gasteiger partial charge >= 0.3 is 11.4 Å². The third kappa shape index (κ3) is 2.90. The third-order valence-corrected chi connectivity index (χ3v) is 1.16. The van der Waals surface area contributed by atoms with Gasteiger partial charge in [0.2, 0.25) is 0 Å². The van der Waals surface area contributed by atoms with Crippen molar-refractivity contribution in [1.29, 1.82) is 0 Å². The fourth-order valence-corrected chi connectivity index (χ4v) is 0.714. The molecule has 4 heteroatoms. The Kier molecular flexibility index (Phi) is 4.84. The quantitative estimate of drug-likeness (QED) is 0.452. The molecule has 0 radical (unpaired) electrons. The summed E-state index contributed by atoms with van der Waals surface area (Å²) in [6, 6.07) is 0. The van der Waals surface area contributed by atoms with E-state index in [1.54, 1.807) is 0 Å². The minimum atomic E-state index is -1.42. The van der Waals surface area contributed by atoms with Crippen LogP contribution in [0.3, 0.4) is 0 Å². The summed E-state index contributed by atoms with van der Waals surface area (Å²) >= 11 is -1.42. The molecular weight excluding hydrogens is 128 g/mol. The van der Waals surface area contributed by atoms with Crippen molar-refractivity contribution < 1.29 is 12.6 Å². The van der Waals surface area contributed by atoms with Crippen LogP contribution in [0.5, 0.6) is 0 Å². The third-order valence-electron chi connectivity index (χ3n) is 0.442. The van der Waals surface area contributed by atoms with Crippen LogP contribution < -0.4 is 0 Å². The Bertz CT molecular complexity index is 75.4. The van der Waals surface area contributed by atoms with Gasteiger partial charge in [0.15, 0.2) is 0 Å². The van der Waals surface area contributed by atoms with Crippen molar-refractivity contribution in [3.05, 3.63) is 13.2 Å². The molecule has 0 amide bonds. The van der Waals surface area contributed by atoms with Crippen LogP contribution in [0, 0.1) is 0 Å². The highest BCUT2D eigenvalue weighted by atomic mass is 32.2. The van der Waals surface area contributed by atoms with Gasteiger partial charge in [0, 0.05) is 0 Å². The van der Waals surface area contributed by atoms with Gasteiger partial charge in [-0.05, 0) is 0 Å². The Morgan fingerprint density at radius 3 is 1.75 bits per heavy atom. The minimum absolute atomic E-state index is 0.465. The molecule has 0 atom stereocenters. The van der Waals surface area contributed by atoms with Crippen LogP contribution in [0.25, 0.3) is 0 Å². The molecule has 0 aromatic carbocycles. The zero-order valence-corrected chi connectivity index (χ0v) is 5.28. The van der Waals surface area contributed by atoms with Crippen LogP contribution >= 0.6 is 0 Å². The summed E-state index contributed by atoms with van der Waals surface area (Å²) in [6.45, 7) is 6.93. The Hall–Kier alpha value is -0.190. The summed E-state index contributed by atoms with van der Waals surface area (Å²) < 4.78 is 18.7. The summed E-state index contributed by atoms with van der Waals surface area (Å²) in [5.74, 6) is 0. The Labute approximate surface area is 51.2 Å². The molecule has 3 nitrogen and oxygen atoms in total. The fraction of sp³-hybridized carbons (Fsp3) is 0.500. The van der Waals surface area contributed by atoms with Crippen molar-refractivity contribution in [3.63, 3.8) is 0 Å². The lowest BCUT2D eigenvalue weighted by atomic mass is 10.8. The van der Waals surface area contributed by atoms with Crippen molar-refractivity contribution in [2.24, 2.45) is 0 Å². The van der Waals surface area contributed by atoms with Gasteiger partial charge in [-0.15, -0.1) is 13.2 Å². The largest absolute Gasteiger partial charge is 0.304 e. The average molecular weight is 136 g/mol. The van der Waals surface area contributed by atoms with Gasteiger partial charge in [0.25, 0.3) is 0 Å². The van der Waals surface area contributed by atoms with Crippen LogP contribution in [0.2, 0.25) is 0 Å². The standard InChI is InChI=1S/C2H4O3S.C2H4/c3-6-4-1-2-5-6;1-2/h1-2H2;1-2H2. The molecular formula is C4H8O3S. The lowest BCUT2D eigenvalue weighted by Crippen LogP contribution is -1.81. The van der Waals surface area contributed by atoms with E-state index in [9.17, 15) is 4.21 Å². The predicted octanol–water partition coefficient (Wildman–Crippen LogP) is 0.414. The highest BCUT2D eigenvalue weighted by molar-refractivity contribution is 7.75. The maximum atomic E-state index is 9.91. The van der Waals surface area contributed by atoms with Crippen molar-refractivity contribution in [2.75, 3.05) is 13.2 Å². The first-order valence-corrected chi connectivity index (χ1v) is 3.08. The second kappa shape index (κ2) is 4.96. The second-order valence-electron chi connectivity index (χ2n) is 0.848. The summed E-state index contributed by atoms with van der Waals surface area (Å²) in [5.41, 5.74) is 0. The van der Waals surface area contributed by atoms with E-state index in [0.29, 0.717) is 13.2 Å². The number of hydrogen-bond acceptors (Lipinski definition) is 3. The van der Waals surface area contributed by atoms with E-state index in [1.807, 2.05) is 0 Å². The van der Waals surface area contributed by atoms with Crippen LogP contribution in [0.4, 0.5) is 0 Å². The maximum absolute atomic E-state index is 9.91. The number of hydrogen-bond donors (Lipinski definition) is 0. The lowest BCUT2D eigenvalue weighted by Gasteiger charge is -1.76. The van der Waals surface area contributed by atoms with Crippen LogP contribution in [-0.2, 0) is 19.7 Å². The van der Waals surface area contributed by atoms with E-state index in [1.165, 1.54) is 0 Å². The van der Waals surface area contributed by atoms with Gasteiger partial charge in [0.05, 0.1) is 13.2 Å². The highest BCUT2D eigenvalue weighted by Crippen LogP contribution is 1.95. The molecule has 1 saturated heterocycles. The topological polar surface area (TPSA) is 35.5 Å². The molecule has 1 fully saturated rings. The van der Waals surface area contributed by atoms with Crippen LogP contribution in [-0.4, -0.2) is 17.4 Å². The molecule has 0 spiro atoms. The molecule has 1 heterocycles. The maximum Gasteiger partial charge on any atom is 0.304 e. The smallest absolute Gasteiger partial charge is 0.266 e. The summed E-state index contributed by atoms with van der Waals surface area (Å²) in [5, 5.41) is 0. The van der Waals surface area contributed by atoms with Gasteiger partial charge in [0.1, 0.15) is 0 Å². The molecule has 48 valence electrons. The molecule has 0 bridgehead atoms. The average Bonchev–Trinajstić information content (AvgIpc) is 2.24. The van der Waals surface area contributed by atoms with Crippen molar-refractivity contribution in [3.8, 4) is 0 Å². The Balaban J connectivity index is 0.000000222. The molecule has 0 aromatic rings. The van der Waals surface area contributed by atoms with Crippen LogP contribution in [0.1, 0.15) is 0 Å². The zero-order valence-electron chi connectivity index (χ0n) is 4.46. The lowest BCUT2D eigenvalue weighted by molar-refractivity contribution is 0.365. The molecule has 0 aliphatic carbocycles. The second-order valence-corrected chi connectivity index (χ2v) is 1.73. The van der Waals surface area contributed by atoms with Gasteiger partial charge in [-0.2, -0.15) is 4.21 Å². The zero-order chi connectivity index (χ0) is 6.41. The van der Waals surface area contributed by atoms with Crippen LogP contribution in [0.15, 0.2) is 13.2 Å². The molecule has 1 aliphatic rings. The van der Waals surface area contributed by atoms with E-state index in [2.05, 4.69) is 21.5 Å².